The molecular formula is C12H20N2O3. The van der Waals surface area contributed by atoms with Gasteiger partial charge in [0.15, 0.2) is 0 Å². The smallest absolute Gasteiger partial charge is 0.135 e. The van der Waals surface area contributed by atoms with Gasteiger partial charge in [-0.3, -0.25) is 9.48 Å². The van der Waals surface area contributed by atoms with Gasteiger partial charge in [-0.05, 0) is 12.0 Å². The number of ketones is 1. The summed E-state index contributed by atoms with van der Waals surface area (Å²) < 4.78 is 11.8. The van der Waals surface area contributed by atoms with E-state index in [2.05, 4.69) is 5.10 Å². The van der Waals surface area contributed by atoms with Gasteiger partial charge in [-0.2, -0.15) is 5.10 Å². The molecule has 0 unspecified atom stereocenters. The maximum absolute atomic E-state index is 11.5. The number of carbonyl (C=O) groups excluding carboxylic acids is 1. The van der Waals surface area contributed by atoms with Crippen molar-refractivity contribution in [3.8, 4) is 0 Å². The second kappa shape index (κ2) is 7.97. The zero-order chi connectivity index (χ0) is 12.5. The maximum Gasteiger partial charge on any atom is 0.135 e. The Hall–Kier alpha value is -1.20. The number of hydrogen-bond acceptors (Lipinski definition) is 4. The predicted octanol–water partition coefficient (Wildman–Crippen LogP) is 0.975. The van der Waals surface area contributed by atoms with Crippen LogP contribution in [0.2, 0.25) is 0 Å². The number of rotatable bonds is 9. The third kappa shape index (κ3) is 6.19. The average Bonchev–Trinajstić information content (AvgIpc) is 2.72. The molecule has 0 aliphatic heterocycles. The fourth-order valence-electron chi connectivity index (χ4n) is 1.44. The lowest BCUT2D eigenvalue weighted by atomic mass is 10.1. The van der Waals surface area contributed by atoms with E-state index in [1.165, 1.54) is 0 Å². The minimum Gasteiger partial charge on any atom is -0.382 e. The molecule has 1 aromatic rings. The highest BCUT2D eigenvalue weighted by Gasteiger charge is 2.04. The SMILES string of the molecule is COCCOCCC(=O)CCc1cnn(C)c1. The van der Waals surface area contributed by atoms with Gasteiger partial charge in [0.05, 0.1) is 26.0 Å². The van der Waals surface area contributed by atoms with Gasteiger partial charge < -0.3 is 9.47 Å². The molecule has 0 amide bonds. The monoisotopic (exact) mass is 240 g/mol. The Kier molecular flexibility index (Phi) is 6.50. The Morgan fingerprint density at radius 1 is 1.35 bits per heavy atom. The van der Waals surface area contributed by atoms with Gasteiger partial charge in [0.1, 0.15) is 5.78 Å². The summed E-state index contributed by atoms with van der Waals surface area (Å²) in [6, 6.07) is 0. The minimum absolute atomic E-state index is 0.228. The van der Waals surface area contributed by atoms with Crippen LogP contribution < -0.4 is 0 Å². The lowest BCUT2D eigenvalue weighted by molar-refractivity contribution is -0.120. The van der Waals surface area contributed by atoms with Crippen molar-refractivity contribution >= 4 is 5.78 Å². The van der Waals surface area contributed by atoms with Crippen LogP contribution in [0.25, 0.3) is 0 Å². The van der Waals surface area contributed by atoms with Crippen LogP contribution in [0.15, 0.2) is 12.4 Å². The average molecular weight is 240 g/mol. The maximum atomic E-state index is 11.5. The van der Waals surface area contributed by atoms with E-state index in [0.717, 1.165) is 12.0 Å². The highest BCUT2D eigenvalue weighted by molar-refractivity contribution is 5.78. The van der Waals surface area contributed by atoms with E-state index >= 15 is 0 Å². The van der Waals surface area contributed by atoms with Gasteiger partial charge in [0.2, 0.25) is 0 Å². The van der Waals surface area contributed by atoms with Crippen LogP contribution in [0.5, 0.6) is 0 Å². The highest BCUT2D eigenvalue weighted by Crippen LogP contribution is 2.03. The molecule has 96 valence electrons. The number of hydrogen-bond donors (Lipinski definition) is 0. The van der Waals surface area contributed by atoms with E-state index in [4.69, 9.17) is 9.47 Å². The van der Waals surface area contributed by atoms with Gasteiger partial charge in [0.25, 0.3) is 0 Å². The van der Waals surface area contributed by atoms with Crippen LogP contribution in [-0.2, 0) is 27.7 Å². The molecule has 0 aromatic carbocycles. The van der Waals surface area contributed by atoms with Gasteiger partial charge in [-0.1, -0.05) is 0 Å². The van der Waals surface area contributed by atoms with Crippen molar-refractivity contribution in [2.24, 2.45) is 7.05 Å². The molecule has 0 atom stereocenters. The molecule has 0 N–H and O–H groups in total. The summed E-state index contributed by atoms with van der Waals surface area (Å²) in [6.07, 6.45) is 5.51. The number of ether oxygens (including phenoxy) is 2. The van der Waals surface area contributed by atoms with E-state index < -0.39 is 0 Å². The van der Waals surface area contributed by atoms with Crippen molar-refractivity contribution in [2.45, 2.75) is 19.3 Å². The largest absolute Gasteiger partial charge is 0.382 e. The second-order valence-corrected chi connectivity index (χ2v) is 3.92. The first-order chi connectivity index (χ1) is 8.22. The fraction of sp³-hybridized carbons (Fsp3) is 0.667. The van der Waals surface area contributed by atoms with Crippen LogP contribution in [0.3, 0.4) is 0 Å². The lowest BCUT2D eigenvalue weighted by Gasteiger charge is -2.02. The quantitative estimate of drug-likeness (QED) is 0.604. The summed E-state index contributed by atoms with van der Waals surface area (Å²) in [5.41, 5.74) is 1.10. The van der Waals surface area contributed by atoms with Crippen LogP contribution in [0, 0.1) is 0 Å². The van der Waals surface area contributed by atoms with Crippen molar-refractivity contribution in [1.82, 2.24) is 9.78 Å². The Morgan fingerprint density at radius 2 is 2.18 bits per heavy atom. The van der Waals surface area contributed by atoms with Gasteiger partial charge >= 0.3 is 0 Å². The fourth-order valence-corrected chi connectivity index (χ4v) is 1.44. The van der Waals surface area contributed by atoms with Crippen molar-refractivity contribution < 1.29 is 14.3 Å². The molecule has 0 fully saturated rings. The first kappa shape index (κ1) is 13.9. The normalized spacial score (nSPS) is 10.7. The summed E-state index contributed by atoms with van der Waals surface area (Å²) in [5.74, 6) is 0.228. The minimum atomic E-state index is 0.228. The zero-order valence-corrected chi connectivity index (χ0v) is 10.5. The molecule has 0 aliphatic rings. The zero-order valence-electron chi connectivity index (χ0n) is 10.5. The number of methoxy groups -OCH3 is 1. The first-order valence-electron chi connectivity index (χ1n) is 5.78. The number of Topliss-reactive ketones (excluding diaryl/α,β-unsaturated/α-hetero) is 1. The summed E-state index contributed by atoms with van der Waals surface area (Å²) in [5, 5.41) is 4.06. The summed E-state index contributed by atoms with van der Waals surface area (Å²) in [4.78, 5) is 11.5. The van der Waals surface area contributed by atoms with Crippen LogP contribution in [0.4, 0.5) is 0 Å². The molecule has 5 heteroatoms. The van der Waals surface area contributed by atoms with Crippen molar-refractivity contribution in [3.05, 3.63) is 18.0 Å². The number of aryl methyl sites for hydroxylation is 2. The van der Waals surface area contributed by atoms with Crippen LogP contribution in [0.1, 0.15) is 18.4 Å². The van der Waals surface area contributed by atoms with Crippen molar-refractivity contribution in [2.75, 3.05) is 26.9 Å². The number of nitrogens with zero attached hydrogens (tertiary/aromatic N) is 2. The van der Waals surface area contributed by atoms with E-state index in [9.17, 15) is 4.79 Å². The summed E-state index contributed by atoms with van der Waals surface area (Å²) >= 11 is 0. The topological polar surface area (TPSA) is 53.4 Å². The Bertz CT molecular complexity index is 336. The van der Waals surface area contributed by atoms with E-state index in [1.54, 1.807) is 18.0 Å². The third-order valence-electron chi connectivity index (χ3n) is 2.41. The molecule has 1 aromatic heterocycles. The summed E-state index contributed by atoms with van der Waals surface area (Å²) in [6.45, 7) is 1.60. The highest BCUT2D eigenvalue weighted by atomic mass is 16.5. The molecule has 0 saturated carbocycles. The standard InChI is InChI=1S/C12H20N2O3/c1-14-10-11(9-13-14)3-4-12(15)5-6-17-8-7-16-2/h9-10H,3-8H2,1-2H3. The Labute approximate surface area is 102 Å². The summed E-state index contributed by atoms with van der Waals surface area (Å²) in [7, 11) is 3.50. The molecule has 17 heavy (non-hydrogen) atoms. The molecular weight excluding hydrogens is 220 g/mol. The van der Waals surface area contributed by atoms with Crippen LogP contribution >= 0.6 is 0 Å². The molecule has 1 rings (SSSR count). The Balaban J connectivity index is 2.05. The number of aromatic nitrogens is 2. The molecule has 0 bridgehead atoms. The molecule has 0 saturated heterocycles. The second-order valence-electron chi connectivity index (χ2n) is 3.92. The molecule has 0 radical (unpaired) electrons. The lowest BCUT2D eigenvalue weighted by Crippen LogP contribution is -2.08. The molecule has 0 aliphatic carbocycles. The molecule has 1 heterocycles. The van der Waals surface area contributed by atoms with Gasteiger partial charge in [0, 0.05) is 33.2 Å². The number of carbonyl (C=O) groups is 1. The van der Waals surface area contributed by atoms with Crippen LogP contribution in [-0.4, -0.2) is 42.5 Å². The third-order valence-corrected chi connectivity index (χ3v) is 2.41. The van der Waals surface area contributed by atoms with E-state index in [1.807, 2.05) is 13.2 Å². The Morgan fingerprint density at radius 3 is 2.82 bits per heavy atom. The molecule has 5 nitrogen and oxygen atoms in total. The van der Waals surface area contributed by atoms with E-state index in [0.29, 0.717) is 32.7 Å². The van der Waals surface area contributed by atoms with Gasteiger partial charge in [-0.25, -0.2) is 0 Å². The van der Waals surface area contributed by atoms with Crippen molar-refractivity contribution in [1.29, 1.82) is 0 Å². The first-order valence-corrected chi connectivity index (χ1v) is 5.78. The van der Waals surface area contributed by atoms with Crippen molar-refractivity contribution in [3.63, 3.8) is 0 Å². The van der Waals surface area contributed by atoms with E-state index in [-0.39, 0.29) is 5.78 Å². The molecule has 0 spiro atoms. The predicted molar refractivity (Wildman–Crippen MR) is 63.8 cm³/mol. The van der Waals surface area contributed by atoms with Gasteiger partial charge in [-0.15, -0.1) is 0 Å².